The van der Waals surface area contributed by atoms with Gasteiger partial charge in [0.15, 0.2) is 0 Å². The van der Waals surface area contributed by atoms with Crippen LogP contribution in [0.25, 0.3) is 0 Å². The Labute approximate surface area is 135 Å². The Morgan fingerprint density at radius 1 is 1.14 bits per heavy atom. The molecule has 0 saturated heterocycles. The molecule has 2 rings (SSSR count). The monoisotopic (exact) mass is 312 g/mol. The Morgan fingerprint density at radius 2 is 1.86 bits per heavy atom. The van der Waals surface area contributed by atoms with E-state index in [1.807, 2.05) is 43.3 Å². The second kappa shape index (κ2) is 8.39. The van der Waals surface area contributed by atoms with Crippen LogP contribution in [0.15, 0.2) is 53.6 Å². The molecule has 0 fully saturated rings. The molecule has 0 unspecified atom stereocenters. The lowest BCUT2D eigenvalue weighted by Crippen LogP contribution is -2.19. The lowest BCUT2D eigenvalue weighted by Gasteiger charge is -2.04. The lowest BCUT2D eigenvalue weighted by atomic mass is 10.1. The van der Waals surface area contributed by atoms with Crippen LogP contribution >= 0.6 is 11.8 Å². The fourth-order valence-corrected chi connectivity index (χ4v) is 2.79. The highest BCUT2D eigenvalue weighted by molar-refractivity contribution is 7.99. The molecule has 0 aliphatic rings. The molecule has 0 saturated carbocycles. The van der Waals surface area contributed by atoms with Crippen LogP contribution in [-0.2, 0) is 10.5 Å². The van der Waals surface area contributed by atoms with Crippen molar-refractivity contribution < 1.29 is 4.79 Å². The first-order chi connectivity index (χ1) is 10.6. The third-order valence-corrected chi connectivity index (χ3v) is 4.21. The van der Waals surface area contributed by atoms with Gasteiger partial charge in [0.25, 0.3) is 0 Å². The predicted octanol–water partition coefficient (Wildman–Crippen LogP) is 3.69. The maximum Gasteiger partial charge on any atom is 0.250 e. The number of nitrogens with one attached hydrogen (secondary N) is 1. The summed E-state index contributed by atoms with van der Waals surface area (Å²) < 4.78 is 0. The Kier molecular flexibility index (Phi) is 6.22. The topological polar surface area (TPSA) is 41.5 Å². The SMILES string of the molecule is Cc1ccc(/C=N\NC(=O)CSCc2ccccc2C)cc1. The van der Waals surface area contributed by atoms with Crippen LogP contribution in [0.2, 0.25) is 0 Å². The highest BCUT2D eigenvalue weighted by Crippen LogP contribution is 2.15. The minimum absolute atomic E-state index is 0.0815. The quantitative estimate of drug-likeness (QED) is 0.653. The molecular weight excluding hydrogens is 292 g/mol. The number of rotatable bonds is 6. The van der Waals surface area contributed by atoms with Gasteiger partial charge in [0.05, 0.1) is 12.0 Å². The number of hydrazone groups is 1. The normalized spacial score (nSPS) is 10.8. The zero-order valence-electron chi connectivity index (χ0n) is 12.9. The van der Waals surface area contributed by atoms with Crippen molar-refractivity contribution in [3.8, 4) is 0 Å². The van der Waals surface area contributed by atoms with Gasteiger partial charge in [-0.05, 0) is 30.5 Å². The van der Waals surface area contributed by atoms with E-state index >= 15 is 0 Å². The van der Waals surface area contributed by atoms with Crippen LogP contribution in [0.5, 0.6) is 0 Å². The fourth-order valence-electron chi connectivity index (χ4n) is 1.89. The number of hydrogen-bond donors (Lipinski definition) is 1. The molecule has 0 spiro atoms. The summed E-state index contributed by atoms with van der Waals surface area (Å²) in [6.45, 7) is 4.12. The molecule has 2 aromatic carbocycles. The molecule has 0 heterocycles. The van der Waals surface area contributed by atoms with Crippen LogP contribution < -0.4 is 5.43 Å². The first kappa shape index (κ1) is 16.3. The largest absolute Gasteiger partial charge is 0.272 e. The molecule has 3 nitrogen and oxygen atoms in total. The standard InChI is InChI=1S/C18H20N2OS/c1-14-7-9-16(10-8-14)11-19-20-18(21)13-22-12-17-6-4-3-5-15(17)2/h3-11H,12-13H2,1-2H3,(H,20,21)/b19-11-. The molecule has 22 heavy (non-hydrogen) atoms. The number of benzene rings is 2. The summed E-state index contributed by atoms with van der Waals surface area (Å²) in [6, 6.07) is 16.2. The summed E-state index contributed by atoms with van der Waals surface area (Å²) in [5.74, 6) is 1.16. The van der Waals surface area contributed by atoms with Gasteiger partial charge < -0.3 is 0 Å². The highest BCUT2D eigenvalue weighted by Gasteiger charge is 2.02. The molecule has 0 aliphatic carbocycles. The van der Waals surface area contributed by atoms with E-state index in [9.17, 15) is 4.79 Å². The maximum atomic E-state index is 11.7. The van der Waals surface area contributed by atoms with Crippen LogP contribution in [-0.4, -0.2) is 17.9 Å². The van der Waals surface area contributed by atoms with Crippen LogP contribution in [0.3, 0.4) is 0 Å². The highest BCUT2D eigenvalue weighted by atomic mass is 32.2. The molecule has 114 valence electrons. The van der Waals surface area contributed by atoms with Crippen molar-refractivity contribution in [2.24, 2.45) is 5.10 Å². The second-order valence-electron chi connectivity index (χ2n) is 5.12. The van der Waals surface area contributed by atoms with Gasteiger partial charge in [-0.3, -0.25) is 4.79 Å². The van der Waals surface area contributed by atoms with Gasteiger partial charge in [0.2, 0.25) is 5.91 Å². The maximum absolute atomic E-state index is 11.7. The number of nitrogens with zero attached hydrogens (tertiary/aromatic N) is 1. The molecule has 1 N–H and O–H groups in total. The van der Waals surface area contributed by atoms with Crippen LogP contribution in [0, 0.1) is 13.8 Å². The third kappa shape index (κ3) is 5.37. The van der Waals surface area contributed by atoms with Gasteiger partial charge in [0.1, 0.15) is 0 Å². The van der Waals surface area contributed by atoms with Crippen LogP contribution in [0.1, 0.15) is 22.3 Å². The summed E-state index contributed by atoms with van der Waals surface area (Å²) in [5.41, 5.74) is 7.25. The van der Waals surface area contributed by atoms with E-state index in [-0.39, 0.29) is 5.91 Å². The average molecular weight is 312 g/mol. The van der Waals surface area contributed by atoms with Gasteiger partial charge in [-0.1, -0.05) is 54.1 Å². The predicted molar refractivity (Wildman–Crippen MR) is 94.3 cm³/mol. The van der Waals surface area contributed by atoms with E-state index < -0.39 is 0 Å². The number of amides is 1. The Balaban J connectivity index is 1.72. The Morgan fingerprint density at radius 3 is 2.59 bits per heavy atom. The first-order valence-electron chi connectivity index (χ1n) is 7.16. The summed E-state index contributed by atoms with van der Waals surface area (Å²) >= 11 is 1.59. The molecular formula is C18H20N2OS. The number of thioether (sulfide) groups is 1. The molecule has 1 amide bonds. The summed E-state index contributed by atoms with van der Waals surface area (Å²) in [5, 5.41) is 3.98. The van der Waals surface area contributed by atoms with E-state index in [1.54, 1.807) is 18.0 Å². The third-order valence-electron chi connectivity index (χ3n) is 3.23. The summed E-state index contributed by atoms with van der Waals surface area (Å²) in [4.78, 5) is 11.7. The van der Waals surface area contributed by atoms with E-state index in [0.29, 0.717) is 5.75 Å². The van der Waals surface area contributed by atoms with E-state index in [2.05, 4.69) is 29.6 Å². The molecule has 0 aliphatic heterocycles. The van der Waals surface area contributed by atoms with Crippen molar-refractivity contribution >= 4 is 23.9 Å². The van der Waals surface area contributed by atoms with E-state index in [0.717, 1.165) is 11.3 Å². The Hall–Kier alpha value is -2.07. The molecule has 0 atom stereocenters. The van der Waals surface area contributed by atoms with Gasteiger partial charge in [0, 0.05) is 5.75 Å². The van der Waals surface area contributed by atoms with E-state index in [1.165, 1.54) is 16.7 Å². The minimum atomic E-state index is -0.0815. The van der Waals surface area contributed by atoms with Crippen molar-refractivity contribution in [2.45, 2.75) is 19.6 Å². The van der Waals surface area contributed by atoms with Gasteiger partial charge in [-0.25, -0.2) is 5.43 Å². The van der Waals surface area contributed by atoms with Crippen molar-refractivity contribution in [1.82, 2.24) is 5.43 Å². The Bertz CT molecular complexity index is 650. The average Bonchev–Trinajstić information content (AvgIpc) is 2.51. The molecule has 0 aromatic heterocycles. The minimum Gasteiger partial charge on any atom is -0.272 e. The van der Waals surface area contributed by atoms with Gasteiger partial charge in [-0.2, -0.15) is 5.10 Å². The van der Waals surface area contributed by atoms with Crippen molar-refractivity contribution in [3.05, 3.63) is 70.8 Å². The van der Waals surface area contributed by atoms with Crippen molar-refractivity contribution in [2.75, 3.05) is 5.75 Å². The number of carbonyl (C=O) groups excluding carboxylic acids is 1. The lowest BCUT2D eigenvalue weighted by molar-refractivity contribution is -0.118. The smallest absolute Gasteiger partial charge is 0.250 e. The van der Waals surface area contributed by atoms with Gasteiger partial charge in [-0.15, -0.1) is 11.8 Å². The molecule has 0 radical (unpaired) electrons. The number of carbonyl (C=O) groups is 1. The summed E-state index contributed by atoms with van der Waals surface area (Å²) in [7, 11) is 0. The second-order valence-corrected chi connectivity index (χ2v) is 6.11. The first-order valence-corrected chi connectivity index (χ1v) is 8.31. The zero-order valence-corrected chi connectivity index (χ0v) is 13.7. The van der Waals surface area contributed by atoms with E-state index in [4.69, 9.17) is 0 Å². The van der Waals surface area contributed by atoms with Gasteiger partial charge >= 0.3 is 0 Å². The van der Waals surface area contributed by atoms with Crippen molar-refractivity contribution in [1.29, 1.82) is 0 Å². The van der Waals surface area contributed by atoms with Crippen molar-refractivity contribution in [3.63, 3.8) is 0 Å². The number of aryl methyl sites for hydroxylation is 2. The molecule has 0 bridgehead atoms. The summed E-state index contributed by atoms with van der Waals surface area (Å²) in [6.07, 6.45) is 1.66. The van der Waals surface area contributed by atoms with Crippen LogP contribution in [0.4, 0.5) is 0 Å². The molecule has 4 heteroatoms. The molecule has 2 aromatic rings. The zero-order chi connectivity index (χ0) is 15.8. The number of hydrogen-bond acceptors (Lipinski definition) is 3. The fraction of sp³-hybridized carbons (Fsp3) is 0.222.